The van der Waals surface area contributed by atoms with Crippen LogP contribution >= 0.6 is 0 Å². The van der Waals surface area contributed by atoms with E-state index in [9.17, 15) is 18.0 Å². The van der Waals surface area contributed by atoms with Crippen molar-refractivity contribution in [1.82, 2.24) is 9.46 Å². The topological polar surface area (TPSA) is 113 Å². The van der Waals surface area contributed by atoms with Gasteiger partial charge in [0, 0.05) is 31.3 Å². The molecule has 10 heteroatoms. The van der Waals surface area contributed by atoms with Gasteiger partial charge in [0.2, 0.25) is 21.8 Å². The first-order chi connectivity index (χ1) is 13.9. The summed E-state index contributed by atoms with van der Waals surface area (Å²) in [5.41, 5.74) is 0.684. The molecule has 0 aliphatic carbocycles. The van der Waals surface area contributed by atoms with Crippen LogP contribution in [0.2, 0.25) is 0 Å². The van der Waals surface area contributed by atoms with E-state index < -0.39 is 22.0 Å². The zero-order valence-electron chi connectivity index (χ0n) is 16.0. The van der Waals surface area contributed by atoms with Gasteiger partial charge in [0.15, 0.2) is 5.82 Å². The van der Waals surface area contributed by atoms with Crippen LogP contribution in [-0.2, 0) is 19.6 Å². The van der Waals surface area contributed by atoms with E-state index in [0.29, 0.717) is 37.3 Å². The first-order valence-electron chi connectivity index (χ1n) is 9.53. The molecule has 1 aromatic carbocycles. The van der Waals surface area contributed by atoms with Crippen LogP contribution in [0.3, 0.4) is 0 Å². The van der Waals surface area contributed by atoms with Crippen molar-refractivity contribution in [2.24, 2.45) is 0 Å². The van der Waals surface area contributed by atoms with Gasteiger partial charge in [0.05, 0.1) is 4.90 Å². The average molecular weight is 418 g/mol. The summed E-state index contributed by atoms with van der Waals surface area (Å²) in [5.74, 6) is 0.419. The number of aryl methyl sites for hydroxylation is 1. The van der Waals surface area contributed by atoms with E-state index >= 15 is 0 Å². The van der Waals surface area contributed by atoms with Gasteiger partial charge in [-0.15, -0.1) is 0 Å². The number of anilines is 2. The summed E-state index contributed by atoms with van der Waals surface area (Å²) in [6.07, 6.45) is 2.34. The van der Waals surface area contributed by atoms with Crippen molar-refractivity contribution in [3.8, 4) is 0 Å². The zero-order valence-corrected chi connectivity index (χ0v) is 16.8. The van der Waals surface area contributed by atoms with Gasteiger partial charge in [-0.3, -0.25) is 9.59 Å². The molecule has 0 radical (unpaired) electrons. The third kappa shape index (κ3) is 3.77. The highest BCUT2D eigenvalue weighted by Crippen LogP contribution is 2.29. The first kappa shape index (κ1) is 19.6. The van der Waals surface area contributed by atoms with E-state index in [4.69, 9.17) is 4.52 Å². The Hall–Kier alpha value is -2.72. The molecule has 4 rings (SSSR count). The quantitative estimate of drug-likeness (QED) is 0.794. The van der Waals surface area contributed by atoms with E-state index in [1.165, 1.54) is 16.4 Å². The number of nitrogens with one attached hydrogen (secondary N) is 1. The van der Waals surface area contributed by atoms with Crippen LogP contribution in [0.15, 0.2) is 39.8 Å². The Morgan fingerprint density at radius 1 is 1.21 bits per heavy atom. The molecule has 2 aliphatic rings. The Balaban J connectivity index is 1.52. The summed E-state index contributed by atoms with van der Waals surface area (Å²) in [6.45, 7) is 2.61. The molecule has 1 aromatic heterocycles. The minimum absolute atomic E-state index is 0.0416. The summed E-state index contributed by atoms with van der Waals surface area (Å²) in [6, 6.07) is 7.02. The number of hydrogen-bond acceptors (Lipinski definition) is 6. The molecule has 2 fully saturated rings. The smallest absolute Gasteiger partial charge is 0.244 e. The molecule has 2 amide bonds. The molecule has 9 nitrogen and oxygen atoms in total. The molecule has 1 atom stereocenters. The highest BCUT2D eigenvalue weighted by molar-refractivity contribution is 7.89. The molecule has 3 heterocycles. The minimum atomic E-state index is -3.85. The molecule has 2 saturated heterocycles. The van der Waals surface area contributed by atoms with Crippen molar-refractivity contribution >= 4 is 33.3 Å². The lowest BCUT2D eigenvalue weighted by Crippen LogP contribution is -2.43. The van der Waals surface area contributed by atoms with Gasteiger partial charge >= 0.3 is 0 Å². The minimum Gasteiger partial charge on any atom is -0.360 e. The van der Waals surface area contributed by atoms with Crippen molar-refractivity contribution in [3.63, 3.8) is 0 Å². The number of carbonyl (C=O) groups is 2. The van der Waals surface area contributed by atoms with Gasteiger partial charge in [-0.2, -0.15) is 4.31 Å². The van der Waals surface area contributed by atoms with E-state index in [0.717, 1.165) is 6.42 Å². The van der Waals surface area contributed by atoms with Crippen molar-refractivity contribution < 1.29 is 22.5 Å². The van der Waals surface area contributed by atoms with Crippen molar-refractivity contribution in [3.05, 3.63) is 36.1 Å². The Labute approximate surface area is 168 Å². The van der Waals surface area contributed by atoms with Crippen LogP contribution in [0.5, 0.6) is 0 Å². The molecule has 0 saturated carbocycles. The fraction of sp³-hybridized carbons (Fsp3) is 0.421. The second-order valence-electron chi connectivity index (χ2n) is 7.23. The highest BCUT2D eigenvalue weighted by atomic mass is 32.2. The molecule has 154 valence electrons. The zero-order chi connectivity index (χ0) is 20.6. The van der Waals surface area contributed by atoms with Gasteiger partial charge in [-0.05, 0) is 50.5 Å². The summed E-state index contributed by atoms with van der Waals surface area (Å²) < 4.78 is 32.4. The highest BCUT2D eigenvalue weighted by Gasteiger charge is 2.39. The lowest BCUT2D eigenvalue weighted by molar-refractivity contribution is -0.119. The van der Waals surface area contributed by atoms with E-state index in [-0.39, 0.29) is 23.2 Å². The van der Waals surface area contributed by atoms with Gasteiger partial charge < -0.3 is 14.7 Å². The summed E-state index contributed by atoms with van der Waals surface area (Å²) in [7, 11) is -3.85. The van der Waals surface area contributed by atoms with Crippen LogP contribution in [0, 0.1) is 6.92 Å². The number of nitrogens with zero attached hydrogens (tertiary/aromatic N) is 3. The molecule has 0 spiro atoms. The molecule has 0 bridgehead atoms. The number of amides is 2. The van der Waals surface area contributed by atoms with Crippen molar-refractivity contribution in [2.75, 3.05) is 23.3 Å². The predicted octanol–water partition coefficient (Wildman–Crippen LogP) is 1.90. The van der Waals surface area contributed by atoms with Crippen LogP contribution in [-0.4, -0.2) is 48.8 Å². The molecule has 0 unspecified atom stereocenters. The van der Waals surface area contributed by atoms with Gasteiger partial charge in [0.1, 0.15) is 11.8 Å². The molecular formula is C19H22N4O5S. The Morgan fingerprint density at radius 3 is 2.59 bits per heavy atom. The second kappa shape index (κ2) is 7.60. The number of benzene rings is 1. The van der Waals surface area contributed by atoms with Gasteiger partial charge in [0.25, 0.3) is 0 Å². The summed E-state index contributed by atoms with van der Waals surface area (Å²) in [5, 5.41) is 6.33. The summed E-state index contributed by atoms with van der Waals surface area (Å²) in [4.78, 5) is 26.3. The molecule has 29 heavy (non-hydrogen) atoms. The normalized spacial score (nSPS) is 20.4. The van der Waals surface area contributed by atoms with E-state index in [2.05, 4.69) is 10.5 Å². The molecular weight excluding hydrogens is 396 g/mol. The average Bonchev–Trinajstić information content (AvgIpc) is 3.43. The lowest BCUT2D eigenvalue weighted by Gasteiger charge is -2.23. The van der Waals surface area contributed by atoms with Gasteiger partial charge in [-0.25, -0.2) is 8.42 Å². The monoisotopic (exact) mass is 418 g/mol. The fourth-order valence-corrected chi connectivity index (χ4v) is 5.44. The van der Waals surface area contributed by atoms with E-state index in [1.807, 2.05) is 0 Å². The number of sulfonamides is 1. The van der Waals surface area contributed by atoms with Crippen LogP contribution in [0.1, 0.15) is 31.4 Å². The third-order valence-corrected chi connectivity index (χ3v) is 7.14. The van der Waals surface area contributed by atoms with E-state index in [1.54, 1.807) is 30.0 Å². The number of hydrogen-bond donors (Lipinski definition) is 1. The van der Waals surface area contributed by atoms with Crippen LogP contribution in [0.4, 0.5) is 11.5 Å². The molecule has 2 aromatic rings. The summed E-state index contributed by atoms with van der Waals surface area (Å²) >= 11 is 0. The number of rotatable bonds is 5. The van der Waals surface area contributed by atoms with Crippen LogP contribution < -0.4 is 10.2 Å². The Kier molecular flexibility index (Phi) is 5.13. The SMILES string of the molecule is Cc1cc(NC(=O)[C@@H]2CCCN2S(=O)(=O)c2ccc(N3CCCC3=O)cc2)no1. The standard InChI is InChI=1S/C19H22N4O5S/c1-13-12-17(21-28-13)20-19(25)16-4-2-11-23(16)29(26,27)15-8-6-14(7-9-15)22-10-3-5-18(22)24/h6-9,12,16H,2-5,10-11H2,1H3,(H,20,21,25)/t16-/m0/s1. The maximum atomic E-state index is 13.1. The number of aromatic nitrogens is 1. The fourth-order valence-electron chi connectivity index (χ4n) is 3.78. The van der Waals surface area contributed by atoms with Crippen molar-refractivity contribution in [2.45, 2.75) is 43.5 Å². The predicted molar refractivity (Wildman–Crippen MR) is 105 cm³/mol. The van der Waals surface area contributed by atoms with Crippen LogP contribution in [0.25, 0.3) is 0 Å². The van der Waals surface area contributed by atoms with Crippen molar-refractivity contribution in [1.29, 1.82) is 0 Å². The Morgan fingerprint density at radius 2 is 1.97 bits per heavy atom. The largest absolute Gasteiger partial charge is 0.360 e. The maximum Gasteiger partial charge on any atom is 0.244 e. The third-order valence-electron chi connectivity index (χ3n) is 5.21. The maximum absolute atomic E-state index is 13.1. The first-order valence-corrected chi connectivity index (χ1v) is 11.0. The molecule has 1 N–H and O–H groups in total. The lowest BCUT2D eigenvalue weighted by atomic mass is 10.2. The second-order valence-corrected chi connectivity index (χ2v) is 9.12. The van der Waals surface area contributed by atoms with Gasteiger partial charge in [-0.1, -0.05) is 5.16 Å². The Bertz CT molecular complexity index is 1030. The number of carbonyl (C=O) groups excluding carboxylic acids is 2. The molecule has 2 aliphatic heterocycles.